The number of benzene rings is 1. The molecule has 1 rings (SSSR count). The van der Waals surface area contributed by atoms with Gasteiger partial charge in [-0.2, -0.15) is 0 Å². The Balaban J connectivity index is 2.47. The standard InChI is InChI=1S/C12H14BrNO5/c1-18-6-9(12(16)17)14-11(15)7-19-10-5-3-2-4-8(10)13/h2-5,9H,6-7H2,1H3,(H,14,15)(H,16,17). The number of amides is 1. The third-order valence-electron chi connectivity index (χ3n) is 2.16. The van der Waals surface area contributed by atoms with Crippen molar-refractivity contribution in [3.63, 3.8) is 0 Å². The third-order valence-corrected chi connectivity index (χ3v) is 2.82. The summed E-state index contributed by atoms with van der Waals surface area (Å²) in [6, 6.07) is 5.97. The number of hydrogen-bond acceptors (Lipinski definition) is 4. The minimum atomic E-state index is -1.16. The minimum absolute atomic E-state index is 0.101. The molecule has 0 aromatic heterocycles. The van der Waals surface area contributed by atoms with Crippen LogP contribution in [0.3, 0.4) is 0 Å². The van der Waals surface area contributed by atoms with Gasteiger partial charge in [0.05, 0.1) is 11.1 Å². The summed E-state index contributed by atoms with van der Waals surface area (Å²) in [5.41, 5.74) is 0. The zero-order valence-electron chi connectivity index (χ0n) is 10.3. The van der Waals surface area contributed by atoms with Gasteiger partial charge in [0.2, 0.25) is 0 Å². The van der Waals surface area contributed by atoms with E-state index in [9.17, 15) is 9.59 Å². The van der Waals surface area contributed by atoms with Gasteiger partial charge in [0.1, 0.15) is 5.75 Å². The van der Waals surface area contributed by atoms with Gasteiger partial charge in [0, 0.05) is 7.11 Å². The highest BCUT2D eigenvalue weighted by Crippen LogP contribution is 2.23. The van der Waals surface area contributed by atoms with Crippen LogP contribution in [0.2, 0.25) is 0 Å². The topological polar surface area (TPSA) is 84.9 Å². The molecule has 0 saturated carbocycles. The fourth-order valence-corrected chi connectivity index (χ4v) is 1.68. The van der Waals surface area contributed by atoms with Gasteiger partial charge >= 0.3 is 5.97 Å². The fourth-order valence-electron chi connectivity index (χ4n) is 1.28. The number of carboxylic acids is 1. The Morgan fingerprint density at radius 2 is 2.11 bits per heavy atom. The van der Waals surface area contributed by atoms with E-state index >= 15 is 0 Å². The van der Waals surface area contributed by atoms with Crippen LogP contribution in [0.5, 0.6) is 5.75 Å². The first-order valence-corrected chi connectivity index (χ1v) is 6.22. The van der Waals surface area contributed by atoms with Crippen molar-refractivity contribution in [2.75, 3.05) is 20.3 Å². The minimum Gasteiger partial charge on any atom is -0.483 e. The average Bonchev–Trinajstić information content (AvgIpc) is 2.37. The molecule has 1 aromatic carbocycles. The Bertz CT molecular complexity index is 452. The second-order valence-electron chi connectivity index (χ2n) is 3.63. The number of carbonyl (C=O) groups excluding carboxylic acids is 1. The molecule has 1 unspecified atom stereocenters. The molecule has 19 heavy (non-hydrogen) atoms. The van der Waals surface area contributed by atoms with Crippen LogP contribution in [0.1, 0.15) is 0 Å². The van der Waals surface area contributed by atoms with Crippen molar-refractivity contribution >= 4 is 27.8 Å². The van der Waals surface area contributed by atoms with Crippen LogP contribution < -0.4 is 10.1 Å². The number of aliphatic carboxylic acids is 1. The van der Waals surface area contributed by atoms with Crippen LogP contribution in [-0.2, 0) is 14.3 Å². The molecule has 0 heterocycles. The lowest BCUT2D eigenvalue weighted by atomic mass is 10.3. The Labute approximate surface area is 118 Å². The lowest BCUT2D eigenvalue weighted by Gasteiger charge is -2.14. The summed E-state index contributed by atoms with van der Waals surface area (Å²) < 4.78 is 10.7. The molecule has 7 heteroatoms. The summed E-state index contributed by atoms with van der Waals surface area (Å²) in [5.74, 6) is -1.17. The lowest BCUT2D eigenvalue weighted by Crippen LogP contribution is -2.45. The fraction of sp³-hybridized carbons (Fsp3) is 0.333. The maximum absolute atomic E-state index is 11.5. The molecule has 2 N–H and O–H groups in total. The molecule has 104 valence electrons. The number of rotatable bonds is 7. The van der Waals surface area contributed by atoms with E-state index in [0.29, 0.717) is 5.75 Å². The average molecular weight is 332 g/mol. The van der Waals surface area contributed by atoms with E-state index in [1.165, 1.54) is 7.11 Å². The molecular weight excluding hydrogens is 318 g/mol. The van der Waals surface area contributed by atoms with Crippen LogP contribution in [-0.4, -0.2) is 43.3 Å². The summed E-state index contributed by atoms with van der Waals surface area (Å²) in [7, 11) is 1.36. The second kappa shape index (κ2) is 7.75. The smallest absolute Gasteiger partial charge is 0.328 e. The summed E-state index contributed by atoms with van der Waals surface area (Å²) in [4.78, 5) is 22.4. The molecule has 0 aliphatic heterocycles. The number of carbonyl (C=O) groups is 2. The number of ether oxygens (including phenoxy) is 2. The van der Waals surface area contributed by atoms with Gasteiger partial charge in [0.25, 0.3) is 5.91 Å². The Hall–Kier alpha value is -1.60. The Kier molecular flexibility index (Phi) is 6.31. The highest BCUT2D eigenvalue weighted by atomic mass is 79.9. The third kappa shape index (κ3) is 5.27. The summed E-state index contributed by atoms with van der Waals surface area (Å²) in [6.07, 6.45) is 0. The maximum atomic E-state index is 11.5. The van der Waals surface area contributed by atoms with Crippen molar-refractivity contribution in [1.82, 2.24) is 5.32 Å². The van der Waals surface area contributed by atoms with Gasteiger partial charge in [0.15, 0.2) is 12.6 Å². The molecule has 1 atom stereocenters. The van der Waals surface area contributed by atoms with Gasteiger partial charge in [-0.3, -0.25) is 4.79 Å². The highest BCUT2D eigenvalue weighted by molar-refractivity contribution is 9.10. The molecule has 0 aliphatic carbocycles. The van der Waals surface area contributed by atoms with E-state index in [0.717, 1.165) is 4.47 Å². The van der Waals surface area contributed by atoms with Crippen LogP contribution in [0.15, 0.2) is 28.7 Å². The van der Waals surface area contributed by atoms with Crippen LogP contribution in [0, 0.1) is 0 Å². The van der Waals surface area contributed by atoms with E-state index in [-0.39, 0.29) is 13.2 Å². The Morgan fingerprint density at radius 1 is 1.42 bits per heavy atom. The van der Waals surface area contributed by atoms with Crippen molar-refractivity contribution in [3.05, 3.63) is 28.7 Å². The van der Waals surface area contributed by atoms with Crippen LogP contribution in [0.4, 0.5) is 0 Å². The van der Waals surface area contributed by atoms with E-state index in [4.69, 9.17) is 14.6 Å². The Morgan fingerprint density at radius 3 is 2.68 bits per heavy atom. The summed E-state index contributed by atoms with van der Waals surface area (Å²) >= 11 is 3.27. The SMILES string of the molecule is COCC(NC(=O)COc1ccccc1Br)C(=O)O. The normalized spacial score (nSPS) is 11.7. The molecule has 0 radical (unpaired) electrons. The predicted molar refractivity (Wildman–Crippen MR) is 71.1 cm³/mol. The van der Waals surface area contributed by atoms with Gasteiger partial charge < -0.3 is 19.9 Å². The van der Waals surface area contributed by atoms with Crippen molar-refractivity contribution in [2.45, 2.75) is 6.04 Å². The number of hydrogen-bond donors (Lipinski definition) is 2. The van der Waals surface area contributed by atoms with Crippen molar-refractivity contribution in [2.24, 2.45) is 0 Å². The molecule has 1 amide bonds. The van der Waals surface area contributed by atoms with Crippen molar-refractivity contribution in [3.8, 4) is 5.75 Å². The largest absolute Gasteiger partial charge is 0.483 e. The predicted octanol–water partition coefficient (Wildman–Crippen LogP) is 1.04. The molecule has 0 aliphatic rings. The van der Waals surface area contributed by atoms with Gasteiger partial charge in [-0.1, -0.05) is 12.1 Å². The van der Waals surface area contributed by atoms with Crippen LogP contribution >= 0.6 is 15.9 Å². The molecule has 0 bridgehead atoms. The maximum Gasteiger partial charge on any atom is 0.328 e. The summed E-state index contributed by atoms with van der Waals surface area (Å²) in [5, 5.41) is 11.1. The van der Waals surface area contributed by atoms with Gasteiger partial charge in [-0.25, -0.2) is 4.79 Å². The molecular formula is C12H14BrNO5. The quantitative estimate of drug-likeness (QED) is 0.779. The van der Waals surface area contributed by atoms with Crippen LogP contribution in [0.25, 0.3) is 0 Å². The van der Waals surface area contributed by atoms with Crippen molar-refractivity contribution in [1.29, 1.82) is 0 Å². The van der Waals surface area contributed by atoms with E-state index in [2.05, 4.69) is 21.2 Å². The first kappa shape index (κ1) is 15.5. The molecule has 0 fully saturated rings. The van der Waals surface area contributed by atoms with Crippen molar-refractivity contribution < 1.29 is 24.2 Å². The molecule has 0 spiro atoms. The molecule has 6 nitrogen and oxygen atoms in total. The monoisotopic (exact) mass is 331 g/mol. The molecule has 1 aromatic rings. The van der Waals surface area contributed by atoms with E-state index in [1.54, 1.807) is 18.2 Å². The second-order valence-corrected chi connectivity index (χ2v) is 4.49. The number of para-hydroxylation sites is 1. The van der Waals surface area contributed by atoms with E-state index < -0.39 is 17.9 Å². The highest BCUT2D eigenvalue weighted by Gasteiger charge is 2.19. The lowest BCUT2D eigenvalue weighted by molar-refractivity contribution is -0.143. The van der Waals surface area contributed by atoms with Gasteiger partial charge in [-0.05, 0) is 28.1 Å². The first-order chi connectivity index (χ1) is 9.04. The zero-order chi connectivity index (χ0) is 14.3. The van der Waals surface area contributed by atoms with Gasteiger partial charge in [-0.15, -0.1) is 0 Å². The molecule has 0 saturated heterocycles. The first-order valence-electron chi connectivity index (χ1n) is 5.43. The number of carboxylic acid groups (broad SMARTS) is 1. The number of halogens is 1. The summed E-state index contributed by atoms with van der Waals surface area (Å²) in [6.45, 7) is -0.369. The number of methoxy groups -OCH3 is 1. The van der Waals surface area contributed by atoms with E-state index in [1.807, 2.05) is 6.07 Å². The zero-order valence-corrected chi connectivity index (χ0v) is 11.8. The number of nitrogens with one attached hydrogen (secondary N) is 1.